The summed E-state index contributed by atoms with van der Waals surface area (Å²) in [6.45, 7) is 2.58. The lowest BCUT2D eigenvalue weighted by molar-refractivity contribution is -0.274. The molecule has 1 aliphatic heterocycles. The minimum Gasteiger partial charge on any atom is -0.406 e. The second kappa shape index (κ2) is 12.2. The number of carbonyl (C=O) groups excluding carboxylic acids is 1. The van der Waals surface area contributed by atoms with Gasteiger partial charge in [0.1, 0.15) is 11.6 Å². The smallest absolute Gasteiger partial charge is 0.406 e. The third-order valence-corrected chi connectivity index (χ3v) is 7.55. The average Bonchev–Trinajstić information content (AvgIpc) is 2.87. The van der Waals surface area contributed by atoms with Crippen LogP contribution in [0.1, 0.15) is 57.8 Å². The van der Waals surface area contributed by atoms with E-state index in [9.17, 15) is 18.0 Å². The number of alkyl halides is 3. The van der Waals surface area contributed by atoms with Crippen LogP contribution >= 0.6 is 11.6 Å². The van der Waals surface area contributed by atoms with E-state index in [1.54, 1.807) is 24.4 Å². The number of hydrogen-bond acceptors (Lipinski definition) is 4. The number of halogens is 4. The molecule has 1 aromatic carbocycles. The van der Waals surface area contributed by atoms with Crippen LogP contribution in [-0.4, -0.2) is 48.3 Å². The van der Waals surface area contributed by atoms with Crippen LogP contribution in [0.5, 0.6) is 5.75 Å². The minimum atomic E-state index is -4.72. The molecule has 196 valence electrons. The van der Waals surface area contributed by atoms with E-state index in [2.05, 4.69) is 14.6 Å². The van der Waals surface area contributed by atoms with E-state index in [0.717, 1.165) is 76.0 Å². The van der Waals surface area contributed by atoms with Crippen LogP contribution in [0.2, 0.25) is 5.02 Å². The molecule has 1 saturated carbocycles. The molecule has 1 atom stereocenters. The highest BCUT2D eigenvalue weighted by Gasteiger charge is 2.31. The van der Waals surface area contributed by atoms with E-state index in [1.165, 1.54) is 31.4 Å². The Morgan fingerprint density at radius 2 is 1.83 bits per heavy atom. The van der Waals surface area contributed by atoms with Gasteiger partial charge in [-0.1, -0.05) is 43.0 Å². The summed E-state index contributed by atoms with van der Waals surface area (Å²) in [5.41, 5.74) is 1.44. The van der Waals surface area contributed by atoms with Crippen molar-refractivity contribution >= 4 is 23.8 Å². The summed E-state index contributed by atoms with van der Waals surface area (Å²) in [6.07, 6.45) is 8.27. The number of amides is 1. The highest BCUT2D eigenvalue weighted by Crippen LogP contribution is 2.33. The summed E-state index contributed by atoms with van der Waals surface area (Å²) in [5.74, 6) is 0.993. The van der Waals surface area contributed by atoms with Crippen LogP contribution in [0.4, 0.5) is 19.0 Å². The van der Waals surface area contributed by atoms with Crippen molar-refractivity contribution in [1.29, 1.82) is 0 Å². The summed E-state index contributed by atoms with van der Waals surface area (Å²) < 4.78 is 41.1. The van der Waals surface area contributed by atoms with Crippen molar-refractivity contribution in [2.75, 3.05) is 24.5 Å². The van der Waals surface area contributed by atoms with Gasteiger partial charge in [0, 0.05) is 37.4 Å². The summed E-state index contributed by atoms with van der Waals surface area (Å²) in [5, 5.41) is 0.521. The molecule has 0 radical (unpaired) electrons. The Kier molecular flexibility index (Phi) is 8.99. The molecule has 36 heavy (non-hydrogen) atoms. The zero-order valence-corrected chi connectivity index (χ0v) is 21.1. The number of benzene rings is 1. The Balaban J connectivity index is 1.32. The molecule has 2 aliphatic rings. The first kappa shape index (κ1) is 26.6. The zero-order valence-electron chi connectivity index (χ0n) is 20.4. The van der Waals surface area contributed by atoms with Gasteiger partial charge < -0.3 is 14.5 Å². The van der Waals surface area contributed by atoms with Crippen molar-refractivity contribution < 1.29 is 22.7 Å². The summed E-state index contributed by atoms with van der Waals surface area (Å²) in [4.78, 5) is 20.4. The van der Waals surface area contributed by atoms with Gasteiger partial charge in [-0.05, 0) is 68.2 Å². The first-order valence-corrected chi connectivity index (χ1v) is 13.2. The molecule has 1 saturated heterocycles. The predicted molar refractivity (Wildman–Crippen MR) is 135 cm³/mol. The summed E-state index contributed by atoms with van der Waals surface area (Å²) in [7, 11) is 0. The SMILES string of the molecule is O=CN(CCCC1CCCN(c2ncc(-c3ccc(OC(F)(F)F)cc3)cc2Cl)C1)C1CCCCC1. The molecular formula is C27H33ClF3N3O2. The van der Waals surface area contributed by atoms with Gasteiger partial charge in [0.2, 0.25) is 6.41 Å². The maximum atomic E-state index is 12.4. The van der Waals surface area contributed by atoms with Crippen molar-refractivity contribution in [2.24, 2.45) is 5.92 Å². The predicted octanol–water partition coefficient (Wildman–Crippen LogP) is 7.09. The monoisotopic (exact) mass is 523 g/mol. The number of hydrogen-bond donors (Lipinski definition) is 0. The molecule has 1 amide bonds. The summed E-state index contributed by atoms with van der Waals surface area (Å²) >= 11 is 6.61. The van der Waals surface area contributed by atoms with E-state index in [0.29, 0.717) is 22.5 Å². The van der Waals surface area contributed by atoms with Crippen molar-refractivity contribution in [3.63, 3.8) is 0 Å². The van der Waals surface area contributed by atoms with Gasteiger partial charge in [-0.2, -0.15) is 0 Å². The quantitative estimate of drug-likeness (QED) is 0.329. The fraction of sp³-hybridized carbons (Fsp3) is 0.556. The number of aromatic nitrogens is 1. The standard InChI is InChI=1S/C27H33ClF3N3O2/c28-25-16-22(21-10-12-24(13-11-21)36-27(29,30)31)17-32-26(25)33-14-4-6-20(18-33)7-5-15-34(19-35)23-8-2-1-3-9-23/h10-13,16-17,19-20,23H,1-9,14-15,18H2. The maximum Gasteiger partial charge on any atom is 0.573 e. The highest BCUT2D eigenvalue weighted by atomic mass is 35.5. The Labute approximate surface area is 215 Å². The Hall–Kier alpha value is -2.48. The number of carbonyl (C=O) groups is 1. The largest absolute Gasteiger partial charge is 0.573 e. The van der Waals surface area contributed by atoms with Gasteiger partial charge in [0.05, 0.1) is 5.02 Å². The summed E-state index contributed by atoms with van der Waals surface area (Å²) in [6, 6.07) is 7.88. The average molecular weight is 524 g/mol. The topological polar surface area (TPSA) is 45.7 Å². The number of rotatable bonds is 9. The molecule has 9 heteroatoms. The fourth-order valence-electron chi connectivity index (χ4n) is 5.46. The van der Waals surface area contributed by atoms with Gasteiger partial charge in [0.25, 0.3) is 0 Å². The Bertz CT molecular complexity index is 997. The number of pyridine rings is 1. The second-order valence-electron chi connectivity index (χ2n) is 9.83. The molecule has 5 nitrogen and oxygen atoms in total. The lowest BCUT2D eigenvalue weighted by Gasteiger charge is -2.35. The molecule has 1 aliphatic carbocycles. The number of ether oxygens (including phenoxy) is 1. The zero-order chi connectivity index (χ0) is 25.5. The van der Waals surface area contributed by atoms with Gasteiger partial charge in [-0.25, -0.2) is 4.98 Å². The number of piperidine rings is 1. The Morgan fingerprint density at radius 1 is 1.08 bits per heavy atom. The third-order valence-electron chi connectivity index (χ3n) is 7.27. The lowest BCUT2D eigenvalue weighted by Crippen LogP contribution is -2.38. The van der Waals surface area contributed by atoms with Crippen LogP contribution < -0.4 is 9.64 Å². The van der Waals surface area contributed by atoms with E-state index in [-0.39, 0.29) is 5.75 Å². The molecule has 2 fully saturated rings. The van der Waals surface area contributed by atoms with Gasteiger partial charge in [-0.15, -0.1) is 13.2 Å². The van der Waals surface area contributed by atoms with Crippen LogP contribution in [0, 0.1) is 5.92 Å². The van der Waals surface area contributed by atoms with E-state index >= 15 is 0 Å². The molecule has 0 N–H and O–H groups in total. The highest BCUT2D eigenvalue weighted by molar-refractivity contribution is 6.33. The molecule has 0 bridgehead atoms. The maximum absolute atomic E-state index is 12.4. The van der Waals surface area contributed by atoms with E-state index in [4.69, 9.17) is 11.6 Å². The Morgan fingerprint density at radius 3 is 2.50 bits per heavy atom. The van der Waals surface area contributed by atoms with Crippen LogP contribution in [0.3, 0.4) is 0 Å². The van der Waals surface area contributed by atoms with Crippen LogP contribution in [0.15, 0.2) is 36.5 Å². The van der Waals surface area contributed by atoms with E-state index in [1.807, 2.05) is 4.90 Å². The molecule has 2 heterocycles. The molecule has 2 aromatic rings. The number of nitrogens with zero attached hydrogens (tertiary/aromatic N) is 3. The van der Waals surface area contributed by atoms with Crippen molar-refractivity contribution in [3.05, 3.63) is 41.6 Å². The first-order valence-electron chi connectivity index (χ1n) is 12.8. The normalized spacial score (nSPS) is 19.2. The van der Waals surface area contributed by atoms with Crippen LogP contribution in [-0.2, 0) is 4.79 Å². The lowest BCUT2D eigenvalue weighted by atomic mass is 9.92. The molecule has 4 rings (SSSR count). The van der Waals surface area contributed by atoms with Gasteiger partial charge in [-0.3, -0.25) is 4.79 Å². The molecule has 1 unspecified atom stereocenters. The first-order chi connectivity index (χ1) is 17.3. The fourth-order valence-corrected chi connectivity index (χ4v) is 5.75. The molecule has 0 spiro atoms. The van der Waals surface area contributed by atoms with Crippen molar-refractivity contribution in [3.8, 4) is 16.9 Å². The van der Waals surface area contributed by atoms with Crippen molar-refractivity contribution in [1.82, 2.24) is 9.88 Å². The van der Waals surface area contributed by atoms with Gasteiger partial charge in [0.15, 0.2) is 0 Å². The number of anilines is 1. The molecule has 1 aromatic heterocycles. The van der Waals surface area contributed by atoms with Crippen LogP contribution in [0.25, 0.3) is 11.1 Å². The van der Waals surface area contributed by atoms with E-state index < -0.39 is 6.36 Å². The minimum absolute atomic E-state index is 0.267. The molecular weight excluding hydrogens is 491 g/mol. The third kappa shape index (κ3) is 7.28. The second-order valence-corrected chi connectivity index (χ2v) is 10.2. The van der Waals surface area contributed by atoms with Crippen molar-refractivity contribution in [2.45, 2.75) is 70.2 Å². The van der Waals surface area contributed by atoms with Gasteiger partial charge >= 0.3 is 6.36 Å².